The van der Waals surface area contributed by atoms with Gasteiger partial charge < -0.3 is 9.84 Å². The maximum Gasteiger partial charge on any atom is 0.335 e. The van der Waals surface area contributed by atoms with Crippen molar-refractivity contribution in [1.29, 1.82) is 0 Å². The highest BCUT2D eigenvalue weighted by Gasteiger charge is 2.17. The van der Waals surface area contributed by atoms with E-state index < -0.39 is 16.0 Å². The normalized spacial score (nSPS) is 13.7. The van der Waals surface area contributed by atoms with Gasteiger partial charge >= 0.3 is 5.97 Å². The summed E-state index contributed by atoms with van der Waals surface area (Å²) in [6, 6.07) is 10.2. The van der Waals surface area contributed by atoms with Crippen LogP contribution in [0.3, 0.4) is 0 Å². The highest BCUT2D eigenvalue weighted by molar-refractivity contribution is 7.92. The molecule has 7 heteroatoms. The Morgan fingerprint density at radius 3 is 2.57 bits per heavy atom. The first-order valence-corrected chi connectivity index (χ1v) is 8.56. The lowest BCUT2D eigenvalue weighted by atomic mass is 10.1. The predicted octanol–water partition coefficient (Wildman–Crippen LogP) is 2.51. The molecule has 0 aromatic heterocycles. The Morgan fingerprint density at radius 2 is 1.87 bits per heavy atom. The highest BCUT2D eigenvalue weighted by Crippen LogP contribution is 2.28. The molecule has 2 aromatic rings. The molecule has 1 aliphatic rings. The van der Waals surface area contributed by atoms with Crippen LogP contribution in [0.2, 0.25) is 0 Å². The van der Waals surface area contributed by atoms with Crippen molar-refractivity contribution in [1.82, 2.24) is 0 Å². The average molecular weight is 333 g/mol. The molecule has 0 bridgehead atoms. The van der Waals surface area contributed by atoms with Crippen molar-refractivity contribution in [2.75, 3.05) is 11.3 Å². The summed E-state index contributed by atoms with van der Waals surface area (Å²) in [6.45, 7) is 0.675. The number of fused-ring (bicyclic) bond motifs is 1. The van der Waals surface area contributed by atoms with Gasteiger partial charge in [-0.25, -0.2) is 13.2 Å². The number of aryl methyl sites for hydroxylation is 1. The van der Waals surface area contributed by atoms with Gasteiger partial charge in [-0.3, -0.25) is 4.72 Å². The average Bonchev–Trinajstić information content (AvgIpc) is 2.54. The lowest BCUT2D eigenvalue weighted by molar-refractivity contribution is 0.0696. The van der Waals surface area contributed by atoms with Crippen LogP contribution in [0.5, 0.6) is 5.75 Å². The van der Waals surface area contributed by atoms with Crippen LogP contribution < -0.4 is 9.46 Å². The summed E-state index contributed by atoms with van der Waals surface area (Å²) in [6.07, 6.45) is 1.75. The molecule has 0 saturated carbocycles. The number of ether oxygens (including phenoxy) is 1. The van der Waals surface area contributed by atoms with Crippen LogP contribution in [0.4, 0.5) is 5.69 Å². The van der Waals surface area contributed by atoms with Gasteiger partial charge in [-0.1, -0.05) is 0 Å². The number of hydrogen-bond acceptors (Lipinski definition) is 4. The van der Waals surface area contributed by atoms with Crippen molar-refractivity contribution >= 4 is 21.7 Å². The van der Waals surface area contributed by atoms with Crippen LogP contribution in [-0.4, -0.2) is 26.1 Å². The number of rotatable bonds is 4. The Morgan fingerprint density at radius 1 is 1.13 bits per heavy atom. The molecule has 2 aromatic carbocycles. The molecule has 0 fully saturated rings. The second kappa shape index (κ2) is 5.92. The van der Waals surface area contributed by atoms with Crippen LogP contribution in [0, 0.1) is 0 Å². The Hall–Kier alpha value is -2.54. The Labute approximate surface area is 133 Å². The SMILES string of the molecule is O=C(O)c1ccc(S(=O)(=O)Nc2ccc3c(c2)CCCO3)cc1. The first-order valence-electron chi connectivity index (χ1n) is 7.08. The van der Waals surface area contributed by atoms with Gasteiger partial charge in [-0.2, -0.15) is 0 Å². The van der Waals surface area contributed by atoms with E-state index in [-0.39, 0.29) is 10.5 Å². The van der Waals surface area contributed by atoms with Crippen LogP contribution >= 0.6 is 0 Å². The molecule has 0 amide bonds. The standard InChI is InChI=1S/C16H15NO5S/c18-16(19)11-3-6-14(7-4-11)23(20,21)17-13-5-8-15-12(10-13)2-1-9-22-15/h3-8,10,17H,1-2,9H2,(H,18,19). The van der Waals surface area contributed by atoms with E-state index in [2.05, 4.69) is 4.72 Å². The van der Waals surface area contributed by atoms with Crippen molar-refractivity contribution in [2.24, 2.45) is 0 Å². The van der Waals surface area contributed by atoms with Gasteiger partial charge in [0.1, 0.15) is 5.75 Å². The van der Waals surface area contributed by atoms with Crippen LogP contribution in [-0.2, 0) is 16.4 Å². The first kappa shape index (κ1) is 15.4. The maximum absolute atomic E-state index is 12.4. The molecule has 0 spiro atoms. The van der Waals surface area contributed by atoms with Crippen LogP contribution in [0.1, 0.15) is 22.3 Å². The molecular weight excluding hydrogens is 318 g/mol. The third-order valence-electron chi connectivity index (χ3n) is 3.57. The van der Waals surface area contributed by atoms with Crippen molar-refractivity contribution in [3.05, 3.63) is 53.6 Å². The molecule has 0 aliphatic carbocycles. The quantitative estimate of drug-likeness (QED) is 0.897. The highest BCUT2D eigenvalue weighted by atomic mass is 32.2. The number of carboxylic acid groups (broad SMARTS) is 1. The molecule has 23 heavy (non-hydrogen) atoms. The number of sulfonamides is 1. The maximum atomic E-state index is 12.4. The molecule has 6 nitrogen and oxygen atoms in total. The van der Waals surface area contributed by atoms with Crippen molar-refractivity contribution in [3.63, 3.8) is 0 Å². The molecule has 0 atom stereocenters. The summed E-state index contributed by atoms with van der Waals surface area (Å²) >= 11 is 0. The van der Waals surface area contributed by atoms with Crippen molar-refractivity contribution in [2.45, 2.75) is 17.7 Å². The number of hydrogen-bond donors (Lipinski definition) is 2. The second-order valence-electron chi connectivity index (χ2n) is 5.21. The van der Waals surface area contributed by atoms with E-state index >= 15 is 0 Å². The third-order valence-corrected chi connectivity index (χ3v) is 4.97. The number of benzene rings is 2. The van der Waals surface area contributed by atoms with Crippen LogP contribution in [0.15, 0.2) is 47.4 Å². The molecule has 3 rings (SSSR count). The molecule has 120 valence electrons. The summed E-state index contributed by atoms with van der Waals surface area (Å²) < 4.78 is 32.7. The van der Waals surface area contributed by atoms with Gasteiger partial charge in [0.05, 0.1) is 17.1 Å². The topological polar surface area (TPSA) is 92.7 Å². The molecule has 0 radical (unpaired) electrons. The second-order valence-corrected chi connectivity index (χ2v) is 6.89. The van der Waals surface area contributed by atoms with E-state index in [0.717, 1.165) is 24.2 Å². The van der Waals surface area contributed by atoms with Crippen LogP contribution in [0.25, 0.3) is 0 Å². The summed E-state index contributed by atoms with van der Waals surface area (Å²) in [4.78, 5) is 10.8. The van der Waals surface area contributed by atoms with Gasteiger partial charge in [0.25, 0.3) is 10.0 Å². The molecule has 0 unspecified atom stereocenters. The van der Waals surface area contributed by atoms with E-state index in [1.54, 1.807) is 18.2 Å². The lowest BCUT2D eigenvalue weighted by Crippen LogP contribution is -2.14. The molecule has 1 aliphatic heterocycles. The minimum atomic E-state index is -3.77. The zero-order chi connectivity index (χ0) is 16.4. The number of carbonyl (C=O) groups is 1. The number of nitrogens with one attached hydrogen (secondary N) is 1. The van der Waals surface area contributed by atoms with E-state index in [1.807, 2.05) is 0 Å². The minimum Gasteiger partial charge on any atom is -0.493 e. The van der Waals surface area contributed by atoms with Gasteiger partial charge in [0, 0.05) is 5.69 Å². The zero-order valence-corrected chi connectivity index (χ0v) is 13.0. The fraction of sp³-hybridized carbons (Fsp3) is 0.188. The van der Waals surface area contributed by atoms with E-state index in [4.69, 9.17) is 9.84 Å². The smallest absolute Gasteiger partial charge is 0.335 e. The van der Waals surface area contributed by atoms with E-state index in [1.165, 1.54) is 24.3 Å². The largest absolute Gasteiger partial charge is 0.493 e. The van der Waals surface area contributed by atoms with Gasteiger partial charge in [0.15, 0.2) is 0 Å². The fourth-order valence-electron chi connectivity index (χ4n) is 2.41. The predicted molar refractivity (Wildman–Crippen MR) is 84.5 cm³/mol. The number of carboxylic acids is 1. The minimum absolute atomic E-state index is 0.0106. The fourth-order valence-corrected chi connectivity index (χ4v) is 3.46. The summed E-state index contributed by atoms with van der Waals surface area (Å²) in [5, 5.41) is 8.85. The Kier molecular flexibility index (Phi) is 3.96. The molecule has 0 saturated heterocycles. The summed E-state index contributed by atoms with van der Waals surface area (Å²) in [5.74, 6) is -0.318. The summed E-state index contributed by atoms with van der Waals surface area (Å²) in [7, 11) is -3.77. The Balaban J connectivity index is 1.84. The first-order chi connectivity index (χ1) is 11.0. The summed E-state index contributed by atoms with van der Waals surface area (Å²) in [5.41, 5.74) is 1.46. The lowest BCUT2D eigenvalue weighted by Gasteiger charge is -2.18. The van der Waals surface area contributed by atoms with Gasteiger partial charge in [-0.15, -0.1) is 0 Å². The Bertz CT molecular complexity index is 843. The number of aromatic carboxylic acids is 1. The van der Waals surface area contributed by atoms with E-state index in [0.29, 0.717) is 12.3 Å². The van der Waals surface area contributed by atoms with Crippen molar-refractivity contribution < 1.29 is 23.1 Å². The molecule has 2 N–H and O–H groups in total. The van der Waals surface area contributed by atoms with E-state index in [9.17, 15) is 13.2 Å². The van der Waals surface area contributed by atoms with Gasteiger partial charge in [-0.05, 0) is 60.9 Å². The number of anilines is 1. The monoisotopic (exact) mass is 333 g/mol. The third kappa shape index (κ3) is 3.29. The van der Waals surface area contributed by atoms with Gasteiger partial charge in [0.2, 0.25) is 0 Å². The molecule has 1 heterocycles. The molecular formula is C16H15NO5S. The van der Waals surface area contributed by atoms with Crippen molar-refractivity contribution in [3.8, 4) is 5.75 Å². The zero-order valence-electron chi connectivity index (χ0n) is 12.2.